The number of nitrogens with two attached hydrogens (primary N) is 1. The lowest BCUT2D eigenvalue weighted by Crippen LogP contribution is -2.28. The summed E-state index contributed by atoms with van der Waals surface area (Å²) in [4.78, 5) is 26.5. The monoisotopic (exact) mass is 368 g/mol. The second-order valence-electron chi connectivity index (χ2n) is 5.16. The largest absolute Gasteiger partial charge is 0.468 e. The van der Waals surface area contributed by atoms with E-state index in [2.05, 4.69) is 20.4 Å². The maximum Gasteiger partial charge on any atom is 0.422 e. The number of amides is 3. The van der Waals surface area contributed by atoms with Crippen molar-refractivity contribution in [1.29, 1.82) is 0 Å². The van der Waals surface area contributed by atoms with Crippen molar-refractivity contribution < 1.29 is 27.5 Å². The lowest BCUT2D eigenvalue weighted by atomic mass is 10.1. The summed E-state index contributed by atoms with van der Waals surface area (Å²) >= 11 is 0. The topological polar surface area (TPSA) is 106 Å². The molecule has 0 unspecified atom stereocenters. The van der Waals surface area contributed by atoms with Gasteiger partial charge in [-0.3, -0.25) is 4.79 Å². The van der Waals surface area contributed by atoms with E-state index in [9.17, 15) is 22.8 Å². The molecule has 7 nitrogen and oxygen atoms in total. The van der Waals surface area contributed by atoms with Crippen molar-refractivity contribution in [2.24, 2.45) is 5.73 Å². The number of urea groups is 1. The van der Waals surface area contributed by atoms with Crippen LogP contribution in [-0.4, -0.2) is 29.7 Å². The van der Waals surface area contributed by atoms with Crippen LogP contribution in [0, 0.1) is 0 Å². The van der Waals surface area contributed by atoms with E-state index in [1.807, 2.05) is 0 Å². The van der Waals surface area contributed by atoms with E-state index in [1.54, 1.807) is 24.3 Å². The smallest absolute Gasteiger partial charge is 0.422 e. The van der Waals surface area contributed by atoms with Crippen molar-refractivity contribution in [3.63, 3.8) is 0 Å². The number of pyridine rings is 1. The van der Waals surface area contributed by atoms with Crippen LogP contribution in [0.5, 0.6) is 5.88 Å². The Bertz CT molecular complexity index is 762. The third kappa shape index (κ3) is 6.30. The van der Waals surface area contributed by atoms with E-state index < -0.39 is 24.7 Å². The quantitative estimate of drug-likeness (QED) is 0.728. The van der Waals surface area contributed by atoms with Crippen LogP contribution in [0.4, 0.5) is 23.7 Å². The number of nitrogens with one attached hydrogen (secondary N) is 2. The zero-order chi connectivity index (χ0) is 19.2. The number of anilines is 1. The van der Waals surface area contributed by atoms with E-state index in [0.717, 1.165) is 5.56 Å². The van der Waals surface area contributed by atoms with Gasteiger partial charge in [-0.05, 0) is 23.8 Å². The first-order chi connectivity index (χ1) is 12.2. The average Bonchev–Trinajstić information content (AvgIpc) is 2.59. The molecule has 1 aromatic carbocycles. The van der Waals surface area contributed by atoms with E-state index in [4.69, 9.17) is 5.73 Å². The van der Waals surface area contributed by atoms with Crippen LogP contribution in [-0.2, 0) is 6.54 Å². The van der Waals surface area contributed by atoms with Crippen molar-refractivity contribution in [3.05, 3.63) is 53.7 Å². The molecule has 0 bridgehead atoms. The molecule has 10 heteroatoms. The molecule has 0 aliphatic rings. The van der Waals surface area contributed by atoms with Crippen LogP contribution < -0.4 is 21.1 Å². The van der Waals surface area contributed by atoms with E-state index in [-0.39, 0.29) is 12.4 Å². The Morgan fingerprint density at radius 1 is 1.12 bits per heavy atom. The Kier molecular flexibility index (Phi) is 5.99. The van der Waals surface area contributed by atoms with Crippen molar-refractivity contribution >= 4 is 17.6 Å². The maximum absolute atomic E-state index is 12.1. The molecule has 0 aliphatic heterocycles. The summed E-state index contributed by atoms with van der Waals surface area (Å²) < 4.78 is 40.7. The number of ether oxygens (including phenoxy) is 1. The van der Waals surface area contributed by atoms with Gasteiger partial charge in [0.2, 0.25) is 5.88 Å². The molecule has 3 amide bonds. The molecular formula is C16H15F3N4O3. The maximum atomic E-state index is 12.1. The number of rotatable bonds is 6. The molecule has 2 rings (SSSR count). The Labute approximate surface area is 146 Å². The van der Waals surface area contributed by atoms with Gasteiger partial charge in [-0.15, -0.1) is 0 Å². The summed E-state index contributed by atoms with van der Waals surface area (Å²) in [6.07, 6.45) is -3.26. The van der Waals surface area contributed by atoms with Crippen LogP contribution in [0.1, 0.15) is 15.9 Å². The summed E-state index contributed by atoms with van der Waals surface area (Å²) in [5.74, 6) is -0.628. The highest BCUT2D eigenvalue weighted by atomic mass is 19.4. The molecule has 26 heavy (non-hydrogen) atoms. The van der Waals surface area contributed by atoms with Gasteiger partial charge < -0.3 is 21.1 Å². The summed E-state index contributed by atoms with van der Waals surface area (Å²) in [6.45, 7) is -1.21. The fraction of sp³-hybridized carbons (Fsp3) is 0.188. The minimum absolute atomic E-state index is 0.202. The van der Waals surface area contributed by atoms with Crippen molar-refractivity contribution in [3.8, 4) is 5.88 Å². The molecule has 1 heterocycles. The highest BCUT2D eigenvalue weighted by Crippen LogP contribution is 2.18. The van der Waals surface area contributed by atoms with Crippen LogP contribution >= 0.6 is 0 Å². The Morgan fingerprint density at radius 3 is 2.35 bits per heavy atom. The number of nitrogens with zero attached hydrogens (tertiary/aromatic N) is 1. The molecule has 2 aromatic rings. The number of hydrogen-bond acceptors (Lipinski definition) is 4. The van der Waals surface area contributed by atoms with Crippen LogP contribution in [0.2, 0.25) is 0 Å². The van der Waals surface area contributed by atoms with Gasteiger partial charge in [0.15, 0.2) is 6.61 Å². The van der Waals surface area contributed by atoms with Gasteiger partial charge in [-0.2, -0.15) is 13.2 Å². The molecule has 0 saturated heterocycles. The van der Waals surface area contributed by atoms with Crippen molar-refractivity contribution in [1.82, 2.24) is 10.3 Å². The molecule has 4 N–H and O–H groups in total. The molecule has 1 aromatic heterocycles. The zero-order valence-corrected chi connectivity index (χ0v) is 13.3. The number of primary amides is 1. The predicted molar refractivity (Wildman–Crippen MR) is 86.6 cm³/mol. The second kappa shape index (κ2) is 8.19. The lowest BCUT2D eigenvalue weighted by Gasteiger charge is -2.09. The van der Waals surface area contributed by atoms with E-state index >= 15 is 0 Å². The third-order valence-corrected chi connectivity index (χ3v) is 3.06. The Balaban J connectivity index is 1.91. The molecule has 0 spiro atoms. The zero-order valence-electron chi connectivity index (χ0n) is 13.3. The van der Waals surface area contributed by atoms with E-state index in [0.29, 0.717) is 11.3 Å². The minimum atomic E-state index is -4.45. The van der Waals surface area contributed by atoms with Gasteiger partial charge in [0.25, 0.3) is 5.91 Å². The minimum Gasteiger partial charge on any atom is -0.468 e. The second-order valence-corrected chi connectivity index (χ2v) is 5.16. The number of halogens is 3. The third-order valence-electron chi connectivity index (χ3n) is 3.06. The van der Waals surface area contributed by atoms with Gasteiger partial charge in [0, 0.05) is 18.2 Å². The highest BCUT2D eigenvalue weighted by Gasteiger charge is 2.28. The average molecular weight is 368 g/mol. The molecule has 0 radical (unpaired) electrons. The van der Waals surface area contributed by atoms with Gasteiger partial charge in [-0.1, -0.05) is 12.1 Å². The number of carbonyl (C=O) groups excluding carboxylic acids is 2. The van der Waals surface area contributed by atoms with Crippen LogP contribution in [0.25, 0.3) is 0 Å². The molecular weight excluding hydrogens is 353 g/mol. The van der Waals surface area contributed by atoms with Gasteiger partial charge in [-0.25, -0.2) is 9.78 Å². The van der Waals surface area contributed by atoms with Crippen molar-refractivity contribution in [2.45, 2.75) is 12.7 Å². The number of benzene rings is 1. The number of carbonyl (C=O) groups is 2. The van der Waals surface area contributed by atoms with E-state index in [1.165, 1.54) is 18.3 Å². The number of alkyl halides is 3. The molecule has 0 saturated carbocycles. The summed E-state index contributed by atoms with van der Waals surface area (Å²) in [5.41, 5.74) is 6.38. The fourth-order valence-electron chi connectivity index (χ4n) is 1.86. The SMILES string of the molecule is NC(=O)NCc1ccc(C(=O)Nc2ccc(OCC(F)(F)F)nc2)cc1. The predicted octanol–water partition coefficient (Wildman–Crippen LogP) is 2.44. The lowest BCUT2D eigenvalue weighted by molar-refractivity contribution is -0.154. The molecule has 0 fully saturated rings. The van der Waals surface area contributed by atoms with Gasteiger partial charge in [0.1, 0.15) is 0 Å². The summed E-state index contributed by atoms with van der Waals surface area (Å²) in [7, 11) is 0. The van der Waals surface area contributed by atoms with Crippen molar-refractivity contribution in [2.75, 3.05) is 11.9 Å². The highest BCUT2D eigenvalue weighted by molar-refractivity contribution is 6.04. The summed E-state index contributed by atoms with van der Waals surface area (Å²) in [5, 5.41) is 4.98. The van der Waals surface area contributed by atoms with Gasteiger partial charge in [0.05, 0.1) is 11.9 Å². The first kappa shape index (κ1) is 19.0. The normalized spacial score (nSPS) is 10.9. The number of hydrogen-bond donors (Lipinski definition) is 3. The standard InChI is InChI=1S/C16H15F3N4O3/c17-16(18,19)9-26-13-6-5-12(8-21-13)23-14(24)11-3-1-10(2-4-11)7-22-15(20)25/h1-6,8H,7,9H2,(H,23,24)(H3,20,22,25). The molecule has 138 valence electrons. The Morgan fingerprint density at radius 2 is 1.81 bits per heavy atom. The number of aromatic nitrogens is 1. The first-order valence-electron chi connectivity index (χ1n) is 7.32. The molecule has 0 aliphatic carbocycles. The first-order valence-corrected chi connectivity index (χ1v) is 7.32. The van der Waals surface area contributed by atoms with Crippen LogP contribution in [0.15, 0.2) is 42.6 Å². The Hall–Kier alpha value is -3.30. The summed E-state index contributed by atoms with van der Waals surface area (Å²) in [6, 6.07) is 8.36. The fourth-order valence-corrected chi connectivity index (χ4v) is 1.86. The van der Waals surface area contributed by atoms with Crippen LogP contribution in [0.3, 0.4) is 0 Å². The molecule has 0 atom stereocenters. The van der Waals surface area contributed by atoms with Gasteiger partial charge >= 0.3 is 12.2 Å².